The summed E-state index contributed by atoms with van der Waals surface area (Å²) in [6.45, 7) is 2.52. The largest absolute Gasteiger partial charge is 0.393 e. The smallest absolute Gasteiger partial charge is 0.126 e. The monoisotopic (exact) mass is 450 g/mol. The molecule has 0 bridgehead atoms. The third-order valence-corrected chi connectivity index (χ3v) is 6.52. The van der Waals surface area contributed by atoms with Crippen molar-refractivity contribution in [2.75, 3.05) is 30.4 Å². The molecule has 1 saturated heterocycles. The first-order chi connectivity index (χ1) is 14.6. The van der Waals surface area contributed by atoms with Crippen LogP contribution in [-0.2, 0) is 4.74 Å². The SMILES string of the molecule is OC1CCC(Nc2cc(-c3nc(NCC4CCOCC4)ccc3Cl)c(Cl)cn2)CC1. The lowest BCUT2D eigenvalue weighted by Crippen LogP contribution is -2.28. The summed E-state index contributed by atoms with van der Waals surface area (Å²) < 4.78 is 5.43. The molecule has 2 aromatic heterocycles. The number of nitrogens with one attached hydrogen (secondary N) is 2. The van der Waals surface area contributed by atoms with E-state index in [1.807, 2.05) is 18.2 Å². The summed E-state index contributed by atoms with van der Waals surface area (Å²) in [5.41, 5.74) is 1.40. The molecule has 162 valence electrons. The van der Waals surface area contributed by atoms with E-state index in [-0.39, 0.29) is 6.10 Å². The Morgan fingerprint density at radius 2 is 1.77 bits per heavy atom. The molecule has 2 aromatic rings. The molecule has 0 aromatic carbocycles. The Kier molecular flexibility index (Phi) is 7.31. The lowest BCUT2D eigenvalue weighted by molar-refractivity contribution is 0.0699. The summed E-state index contributed by atoms with van der Waals surface area (Å²) >= 11 is 12.9. The van der Waals surface area contributed by atoms with Gasteiger partial charge in [-0.3, -0.25) is 0 Å². The number of aliphatic hydroxyl groups excluding tert-OH is 1. The Morgan fingerprint density at radius 1 is 1.00 bits per heavy atom. The van der Waals surface area contributed by atoms with Crippen LogP contribution in [0.1, 0.15) is 38.5 Å². The number of aliphatic hydroxyl groups is 1. The zero-order valence-corrected chi connectivity index (χ0v) is 18.4. The van der Waals surface area contributed by atoms with Crippen LogP contribution >= 0.6 is 23.2 Å². The van der Waals surface area contributed by atoms with Crippen LogP contribution in [0.4, 0.5) is 11.6 Å². The molecule has 8 heteroatoms. The molecule has 2 aliphatic rings. The first kappa shape index (κ1) is 21.6. The van der Waals surface area contributed by atoms with Gasteiger partial charge in [0.2, 0.25) is 0 Å². The first-order valence-electron chi connectivity index (χ1n) is 10.7. The number of ether oxygens (including phenoxy) is 1. The van der Waals surface area contributed by atoms with Crippen LogP contribution in [-0.4, -0.2) is 47.0 Å². The maximum Gasteiger partial charge on any atom is 0.126 e. The Labute approximate surface area is 187 Å². The van der Waals surface area contributed by atoms with Gasteiger partial charge in [0.15, 0.2) is 0 Å². The number of pyridine rings is 2. The highest BCUT2D eigenvalue weighted by Crippen LogP contribution is 2.34. The van der Waals surface area contributed by atoms with Crippen LogP contribution in [0.2, 0.25) is 10.0 Å². The maximum atomic E-state index is 9.71. The molecule has 3 heterocycles. The fourth-order valence-electron chi connectivity index (χ4n) is 4.06. The van der Waals surface area contributed by atoms with Crippen molar-refractivity contribution in [1.29, 1.82) is 0 Å². The van der Waals surface area contributed by atoms with Crippen molar-refractivity contribution < 1.29 is 9.84 Å². The van der Waals surface area contributed by atoms with Crippen LogP contribution in [0.15, 0.2) is 24.4 Å². The van der Waals surface area contributed by atoms with Crippen molar-refractivity contribution >= 4 is 34.8 Å². The number of halogens is 2. The molecule has 30 heavy (non-hydrogen) atoms. The first-order valence-corrected chi connectivity index (χ1v) is 11.4. The zero-order valence-electron chi connectivity index (χ0n) is 16.9. The summed E-state index contributed by atoms with van der Waals surface area (Å²) in [6, 6.07) is 5.95. The standard InChI is InChI=1S/C22H28Cl2N4O2/c23-18-5-6-20(25-12-14-7-9-30-10-8-14)28-22(18)17-11-21(26-13-19(17)24)27-15-1-3-16(29)4-2-15/h5-6,11,13-16,29H,1-4,7-10,12H2,(H,25,28)(H,26,27). The molecule has 6 nitrogen and oxygen atoms in total. The van der Waals surface area contributed by atoms with E-state index < -0.39 is 0 Å². The second kappa shape index (κ2) is 10.1. The average molecular weight is 451 g/mol. The number of hydrogen-bond acceptors (Lipinski definition) is 6. The fourth-order valence-corrected chi connectivity index (χ4v) is 4.46. The van der Waals surface area contributed by atoms with Gasteiger partial charge in [-0.15, -0.1) is 0 Å². The van der Waals surface area contributed by atoms with Crippen LogP contribution in [0.5, 0.6) is 0 Å². The number of aromatic nitrogens is 2. The zero-order chi connectivity index (χ0) is 20.9. The van der Waals surface area contributed by atoms with E-state index in [1.54, 1.807) is 6.20 Å². The Bertz CT molecular complexity index is 853. The van der Waals surface area contributed by atoms with Gasteiger partial charge in [0.1, 0.15) is 11.6 Å². The Hall–Kier alpha value is -1.60. The van der Waals surface area contributed by atoms with Crippen molar-refractivity contribution in [1.82, 2.24) is 9.97 Å². The van der Waals surface area contributed by atoms with Gasteiger partial charge in [-0.25, -0.2) is 9.97 Å². The molecule has 1 saturated carbocycles. The third kappa shape index (κ3) is 5.55. The quantitative estimate of drug-likeness (QED) is 0.574. The van der Waals surface area contributed by atoms with Crippen LogP contribution in [0.3, 0.4) is 0 Å². The van der Waals surface area contributed by atoms with Gasteiger partial charge in [-0.2, -0.15) is 0 Å². The van der Waals surface area contributed by atoms with Crippen molar-refractivity contribution in [3.05, 3.63) is 34.4 Å². The van der Waals surface area contributed by atoms with Crippen LogP contribution < -0.4 is 10.6 Å². The van der Waals surface area contributed by atoms with E-state index in [1.165, 1.54) is 0 Å². The Morgan fingerprint density at radius 3 is 2.53 bits per heavy atom. The number of rotatable bonds is 6. The van der Waals surface area contributed by atoms with Gasteiger partial charge in [0, 0.05) is 37.6 Å². The van der Waals surface area contributed by atoms with E-state index >= 15 is 0 Å². The van der Waals surface area contributed by atoms with Crippen molar-refractivity contribution in [3.63, 3.8) is 0 Å². The minimum absolute atomic E-state index is 0.184. The molecule has 2 fully saturated rings. The molecule has 1 aliphatic carbocycles. The van der Waals surface area contributed by atoms with E-state index in [4.69, 9.17) is 32.9 Å². The lowest BCUT2D eigenvalue weighted by Gasteiger charge is -2.26. The molecule has 0 atom stereocenters. The van der Waals surface area contributed by atoms with E-state index in [2.05, 4.69) is 15.6 Å². The highest BCUT2D eigenvalue weighted by Gasteiger charge is 2.20. The van der Waals surface area contributed by atoms with Gasteiger partial charge in [-0.1, -0.05) is 23.2 Å². The van der Waals surface area contributed by atoms with Crippen molar-refractivity contribution in [2.24, 2.45) is 5.92 Å². The van der Waals surface area contributed by atoms with E-state index in [9.17, 15) is 5.11 Å². The van der Waals surface area contributed by atoms with E-state index in [0.717, 1.165) is 75.5 Å². The van der Waals surface area contributed by atoms with Crippen LogP contribution in [0.25, 0.3) is 11.3 Å². The van der Waals surface area contributed by atoms with Crippen LogP contribution in [0, 0.1) is 5.92 Å². The minimum atomic E-state index is -0.184. The maximum absolute atomic E-state index is 9.71. The molecular formula is C22H28Cl2N4O2. The molecule has 0 radical (unpaired) electrons. The number of nitrogens with zero attached hydrogens (tertiary/aromatic N) is 2. The second-order valence-corrected chi connectivity index (χ2v) is 8.98. The van der Waals surface area contributed by atoms with Gasteiger partial charge in [-0.05, 0) is 62.6 Å². The predicted octanol–water partition coefficient (Wildman–Crippen LogP) is 5.00. The molecule has 0 unspecified atom stereocenters. The van der Waals surface area contributed by atoms with Gasteiger partial charge < -0.3 is 20.5 Å². The predicted molar refractivity (Wildman–Crippen MR) is 121 cm³/mol. The van der Waals surface area contributed by atoms with Crippen molar-refractivity contribution in [2.45, 2.75) is 50.7 Å². The third-order valence-electron chi connectivity index (χ3n) is 5.92. The lowest BCUT2D eigenvalue weighted by atomic mass is 9.93. The number of hydrogen-bond donors (Lipinski definition) is 3. The van der Waals surface area contributed by atoms with E-state index in [0.29, 0.717) is 27.7 Å². The second-order valence-electron chi connectivity index (χ2n) is 8.16. The van der Waals surface area contributed by atoms with Gasteiger partial charge in [0.05, 0.1) is 21.8 Å². The molecule has 3 N–H and O–H groups in total. The normalized spacial score (nSPS) is 22.6. The highest BCUT2D eigenvalue weighted by molar-refractivity contribution is 6.36. The molecule has 4 rings (SSSR count). The summed E-state index contributed by atoms with van der Waals surface area (Å²) in [4.78, 5) is 9.16. The highest BCUT2D eigenvalue weighted by atomic mass is 35.5. The summed E-state index contributed by atoms with van der Waals surface area (Å²) in [5, 5.41) is 17.7. The summed E-state index contributed by atoms with van der Waals surface area (Å²) in [7, 11) is 0. The summed E-state index contributed by atoms with van der Waals surface area (Å²) in [6.07, 6.45) is 7.05. The minimum Gasteiger partial charge on any atom is -0.393 e. The topological polar surface area (TPSA) is 79.3 Å². The van der Waals surface area contributed by atoms with Gasteiger partial charge in [0.25, 0.3) is 0 Å². The summed E-state index contributed by atoms with van der Waals surface area (Å²) in [5.74, 6) is 2.12. The average Bonchev–Trinajstić information content (AvgIpc) is 2.77. The van der Waals surface area contributed by atoms with Gasteiger partial charge >= 0.3 is 0 Å². The number of anilines is 2. The van der Waals surface area contributed by atoms with Crippen molar-refractivity contribution in [3.8, 4) is 11.3 Å². The molecule has 1 aliphatic heterocycles. The Balaban J connectivity index is 1.49. The molecular weight excluding hydrogens is 423 g/mol. The molecule has 0 spiro atoms. The molecule has 0 amide bonds. The fraction of sp³-hybridized carbons (Fsp3) is 0.545.